The Kier molecular flexibility index (Phi) is 5.79. The minimum absolute atomic E-state index is 0.198. The van der Waals surface area contributed by atoms with E-state index in [0.717, 1.165) is 24.5 Å². The van der Waals surface area contributed by atoms with Gasteiger partial charge in [0.05, 0.1) is 24.6 Å². The molecule has 1 saturated heterocycles. The quantitative estimate of drug-likeness (QED) is 0.885. The number of benzene rings is 2. The molecule has 0 spiro atoms. The van der Waals surface area contributed by atoms with Crippen LogP contribution in [0.15, 0.2) is 48.5 Å². The number of nitrogens with one attached hydrogen (secondary N) is 1. The molecule has 0 aliphatic carbocycles. The van der Waals surface area contributed by atoms with Crippen LogP contribution >= 0.6 is 11.6 Å². The van der Waals surface area contributed by atoms with Gasteiger partial charge >= 0.3 is 0 Å². The molecule has 1 atom stereocenters. The van der Waals surface area contributed by atoms with Crippen molar-refractivity contribution in [2.24, 2.45) is 0 Å². The number of hydrogen-bond acceptors (Lipinski definition) is 4. The summed E-state index contributed by atoms with van der Waals surface area (Å²) in [4.78, 5) is 14.7. The van der Waals surface area contributed by atoms with Crippen LogP contribution in [0.4, 0.5) is 11.4 Å². The van der Waals surface area contributed by atoms with Crippen LogP contribution in [-0.2, 0) is 9.53 Å². The Bertz CT molecular complexity index is 715. The third-order valence-corrected chi connectivity index (χ3v) is 4.26. The molecule has 1 aliphatic heterocycles. The van der Waals surface area contributed by atoms with Crippen molar-refractivity contribution in [2.45, 2.75) is 13.0 Å². The summed E-state index contributed by atoms with van der Waals surface area (Å²) < 4.78 is 11.1. The van der Waals surface area contributed by atoms with Crippen LogP contribution in [0, 0.1) is 0 Å². The molecule has 6 heteroatoms. The molecule has 1 N–H and O–H groups in total. The fourth-order valence-electron chi connectivity index (χ4n) is 2.66. The Labute approximate surface area is 152 Å². The lowest BCUT2D eigenvalue weighted by Crippen LogP contribution is -2.37. The van der Waals surface area contributed by atoms with Gasteiger partial charge in [0.25, 0.3) is 5.91 Å². The van der Waals surface area contributed by atoms with E-state index in [2.05, 4.69) is 10.2 Å². The van der Waals surface area contributed by atoms with Gasteiger partial charge in [-0.05, 0) is 43.3 Å². The first kappa shape index (κ1) is 17.6. The van der Waals surface area contributed by atoms with E-state index in [1.807, 2.05) is 24.3 Å². The molecular weight excluding hydrogens is 340 g/mol. The summed E-state index contributed by atoms with van der Waals surface area (Å²) in [6.07, 6.45) is -0.626. The first-order valence-electron chi connectivity index (χ1n) is 8.28. The minimum Gasteiger partial charge on any atom is -0.481 e. The van der Waals surface area contributed by atoms with Gasteiger partial charge in [0.1, 0.15) is 5.75 Å². The van der Waals surface area contributed by atoms with Crippen molar-refractivity contribution in [3.05, 3.63) is 53.6 Å². The van der Waals surface area contributed by atoms with Gasteiger partial charge in [-0.25, -0.2) is 0 Å². The zero-order chi connectivity index (χ0) is 17.6. The van der Waals surface area contributed by atoms with Gasteiger partial charge in [-0.15, -0.1) is 0 Å². The van der Waals surface area contributed by atoms with E-state index in [9.17, 15) is 4.79 Å². The largest absolute Gasteiger partial charge is 0.481 e. The molecule has 25 heavy (non-hydrogen) atoms. The van der Waals surface area contributed by atoms with Crippen molar-refractivity contribution in [2.75, 3.05) is 36.5 Å². The van der Waals surface area contributed by atoms with Crippen molar-refractivity contribution in [1.29, 1.82) is 0 Å². The number of para-hydroxylation sites is 2. The van der Waals surface area contributed by atoms with Crippen molar-refractivity contribution >= 4 is 28.9 Å². The molecule has 0 radical (unpaired) electrons. The molecule has 0 unspecified atom stereocenters. The molecule has 2 aromatic carbocycles. The zero-order valence-corrected chi connectivity index (χ0v) is 14.8. The van der Waals surface area contributed by atoms with E-state index in [4.69, 9.17) is 21.1 Å². The highest BCUT2D eigenvalue weighted by molar-refractivity contribution is 6.30. The van der Waals surface area contributed by atoms with Gasteiger partial charge in [0.15, 0.2) is 6.10 Å². The van der Waals surface area contributed by atoms with Crippen LogP contribution in [0.3, 0.4) is 0 Å². The molecule has 3 rings (SSSR count). The molecule has 0 aromatic heterocycles. The lowest BCUT2D eigenvalue weighted by atomic mass is 10.2. The van der Waals surface area contributed by atoms with E-state index in [-0.39, 0.29) is 5.91 Å². The van der Waals surface area contributed by atoms with Gasteiger partial charge in [-0.3, -0.25) is 4.79 Å². The molecule has 1 fully saturated rings. The van der Waals surface area contributed by atoms with Crippen LogP contribution in [0.2, 0.25) is 5.02 Å². The van der Waals surface area contributed by atoms with Gasteiger partial charge in [-0.1, -0.05) is 23.7 Å². The van der Waals surface area contributed by atoms with Crippen LogP contribution in [0.5, 0.6) is 5.75 Å². The fourth-order valence-corrected chi connectivity index (χ4v) is 2.79. The van der Waals surface area contributed by atoms with E-state index in [0.29, 0.717) is 24.0 Å². The van der Waals surface area contributed by atoms with E-state index in [1.165, 1.54) is 0 Å². The second-order valence-electron chi connectivity index (χ2n) is 5.82. The number of ether oxygens (including phenoxy) is 2. The normalized spacial score (nSPS) is 15.5. The monoisotopic (exact) mass is 360 g/mol. The molecule has 5 nitrogen and oxygen atoms in total. The summed E-state index contributed by atoms with van der Waals surface area (Å²) in [5.74, 6) is 0.407. The number of amides is 1. The second kappa shape index (κ2) is 8.23. The SMILES string of the molecule is C[C@H](Oc1ccc(Cl)cc1)C(=O)Nc1ccccc1N1CCOCC1. The molecular formula is C19H21ClN2O3. The van der Waals surface area contributed by atoms with Crippen LogP contribution in [0.25, 0.3) is 0 Å². The Morgan fingerprint density at radius 3 is 2.56 bits per heavy atom. The maximum Gasteiger partial charge on any atom is 0.265 e. The van der Waals surface area contributed by atoms with Crippen molar-refractivity contribution < 1.29 is 14.3 Å². The first-order valence-corrected chi connectivity index (χ1v) is 8.66. The van der Waals surface area contributed by atoms with Crippen molar-refractivity contribution in [3.8, 4) is 5.75 Å². The summed E-state index contributed by atoms with van der Waals surface area (Å²) in [6, 6.07) is 14.7. The molecule has 132 valence electrons. The predicted molar refractivity (Wildman–Crippen MR) is 99.6 cm³/mol. The molecule has 2 aromatic rings. The Morgan fingerprint density at radius 2 is 1.84 bits per heavy atom. The number of carbonyl (C=O) groups is 1. The van der Waals surface area contributed by atoms with Gasteiger partial charge in [-0.2, -0.15) is 0 Å². The summed E-state index contributed by atoms with van der Waals surface area (Å²) in [5.41, 5.74) is 1.78. The summed E-state index contributed by atoms with van der Waals surface area (Å²) in [7, 11) is 0. The number of halogens is 1. The number of hydrogen-bond donors (Lipinski definition) is 1. The molecule has 1 amide bonds. The number of nitrogens with zero attached hydrogens (tertiary/aromatic N) is 1. The van der Waals surface area contributed by atoms with Crippen LogP contribution < -0.4 is 15.0 Å². The topological polar surface area (TPSA) is 50.8 Å². The fraction of sp³-hybridized carbons (Fsp3) is 0.316. The van der Waals surface area contributed by atoms with E-state index in [1.54, 1.807) is 31.2 Å². The van der Waals surface area contributed by atoms with Crippen LogP contribution in [-0.4, -0.2) is 38.3 Å². The Morgan fingerprint density at radius 1 is 1.16 bits per heavy atom. The van der Waals surface area contributed by atoms with Gasteiger partial charge in [0.2, 0.25) is 0 Å². The number of morpholine rings is 1. The smallest absolute Gasteiger partial charge is 0.265 e. The minimum atomic E-state index is -0.626. The third kappa shape index (κ3) is 4.65. The average molecular weight is 361 g/mol. The lowest BCUT2D eigenvalue weighted by molar-refractivity contribution is -0.122. The highest BCUT2D eigenvalue weighted by Crippen LogP contribution is 2.26. The zero-order valence-electron chi connectivity index (χ0n) is 14.1. The van der Waals surface area contributed by atoms with Gasteiger partial charge < -0.3 is 19.7 Å². The Hall–Kier alpha value is -2.24. The molecule has 0 bridgehead atoms. The predicted octanol–water partition coefficient (Wildman–Crippen LogP) is 3.58. The molecule has 1 aliphatic rings. The van der Waals surface area contributed by atoms with Gasteiger partial charge in [0, 0.05) is 18.1 Å². The van der Waals surface area contributed by atoms with E-state index < -0.39 is 6.10 Å². The van der Waals surface area contributed by atoms with Crippen molar-refractivity contribution in [3.63, 3.8) is 0 Å². The number of carbonyl (C=O) groups excluding carboxylic acids is 1. The maximum atomic E-state index is 12.5. The highest BCUT2D eigenvalue weighted by Gasteiger charge is 2.19. The lowest BCUT2D eigenvalue weighted by Gasteiger charge is -2.30. The summed E-state index contributed by atoms with van der Waals surface area (Å²) >= 11 is 5.86. The number of rotatable bonds is 5. The summed E-state index contributed by atoms with van der Waals surface area (Å²) in [6.45, 7) is 4.73. The standard InChI is InChI=1S/C19H21ClN2O3/c1-14(25-16-8-6-15(20)7-9-16)19(23)21-17-4-2-3-5-18(17)22-10-12-24-13-11-22/h2-9,14H,10-13H2,1H3,(H,21,23)/t14-/m0/s1. The number of anilines is 2. The second-order valence-corrected chi connectivity index (χ2v) is 6.26. The highest BCUT2D eigenvalue weighted by atomic mass is 35.5. The third-order valence-electron chi connectivity index (χ3n) is 4.01. The average Bonchev–Trinajstić information content (AvgIpc) is 2.64. The Balaban J connectivity index is 1.66. The summed E-state index contributed by atoms with van der Waals surface area (Å²) in [5, 5.41) is 3.60. The molecule has 1 heterocycles. The molecule has 0 saturated carbocycles. The van der Waals surface area contributed by atoms with Crippen LogP contribution in [0.1, 0.15) is 6.92 Å². The van der Waals surface area contributed by atoms with Crippen molar-refractivity contribution in [1.82, 2.24) is 0 Å². The van der Waals surface area contributed by atoms with E-state index >= 15 is 0 Å². The first-order chi connectivity index (χ1) is 12.1. The maximum absolute atomic E-state index is 12.5.